The van der Waals surface area contributed by atoms with Gasteiger partial charge in [-0.1, -0.05) is 0 Å². The van der Waals surface area contributed by atoms with E-state index < -0.39 is 12.0 Å². The van der Waals surface area contributed by atoms with Crippen LogP contribution in [-0.4, -0.2) is 34.4 Å². The van der Waals surface area contributed by atoms with Crippen LogP contribution >= 0.6 is 0 Å². The van der Waals surface area contributed by atoms with Crippen molar-refractivity contribution in [1.29, 1.82) is 0 Å². The third kappa shape index (κ3) is 3.72. The fourth-order valence-electron chi connectivity index (χ4n) is 1.66. The molecular formula is C13H14N4O4. The number of ether oxygens (including phenoxy) is 1. The Bertz CT molecular complexity index is 640. The molecule has 8 nitrogen and oxygen atoms in total. The molecule has 110 valence electrons. The van der Waals surface area contributed by atoms with Crippen LogP contribution in [0, 0.1) is 0 Å². The van der Waals surface area contributed by atoms with Crippen molar-refractivity contribution < 1.29 is 19.4 Å². The highest BCUT2D eigenvalue weighted by Crippen LogP contribution is 2.22. The van der Waals surface area contributed by atoms with E-state index >= 15 is 0 Å². The molecule has 0 aliphatic rings. The van der Waals surface area contributed by atoms with Crippen LogP contribution in [0.15, 0.2) is 30.6 Å². The molecule has 0 aliphatic carbocycles. The van der Waals surface area contributed by atoms with Crippen molar-refractivity contribution in [2.24, 2.45) is 0 Å². The Kier molecular flexibility index (Phi) is 4.39. The molecule has 0 aliphatic heterocycles. The van der Waals surface area contributed by atoms with Crippen molar-refractivity contribution in [2.45, 2.75) is 6.54 Å². The minimum absolute atomic E-state index is 0.0483. The van der Waals surface area contributed by atoms with Gasteiger partial charge < -0.3 is 20.5 Å². The molecule has 0 saturated heterocycles. The molecule has 0 spiro atoms. The molecule has 1 heterocycles. The van der Waals surface area contributed by atoms with Crippen molar-refractivity contribution in [1.82, 2.24) is 15.5 Å². The molecule has 2 amide bonds. The van der Waals surface area contributed by atoms with Gasteiger partial charge >= 0.3 is 12.0 Å². The third-order valence-electron chi connectivity index (χ3n) is 2.71. The quantitative estimate of drug-likeness (QED) is 0.665. The molecule has 2 rings (SSSR count). The first-order chi connectivity index (χ1) is 10.1. The molecule has 1 aromatic carbocycles. The normalized spacial score (nSPS) is 9.95. The summed E-state index contributed by atoms with van der Waals surface area (Å²) in [5, 5.41) is 20.6. The number of aromatic carboxylic acids is 1. The number of carbonyl (C=O) groups excluding carboxylic acids is 1. The van der Waals surface area contributed by atoms with Crippen molar-refractivity contribution in [3.63, 3.8) is 0 Å². The lowest BCUT2D eigenvalue weighted by molar-refractivity contribution is 0.0697. The number of rotatable bonds is 5. The van der Waals surface area contributed by atoms with Crippen LogP contribution in [0.4, 0.5) is 10.5 Å². The SMILES string of the molecule is COc1ccc(NC(=O)NCc2cn[nH]c2)c(C(=O)O)c1. The summed E-state index contributed by atoms with van der Waals surface area (Å²) in [4.78, 5) is 22.9. The Labute approximate surface area is 120 Å². The Hall–Kier alpha value is -3.03. The molecule has 4 N–H and O–H groups in total. The van der Waals surface area contributed by atoms with Gasteiger partial charge in [0.25, 0.3) is 0 Å². The van der Waals surface area contributed by atoms with E-state index in [0.717, 1.165) is 5.56 Å². The summed E-state index contributed by atoms with van der Waals surface area (Å²) in [6, 6.07) is 3.87. The molecule has 0 radical (unpaired) electrons. The highest BCUT2D eigenvalue weighted by molar-refractivity contribution is 6.00. The molecule has 0 saturated carbocycles. The van der Waals surface area contributed by atoms with Gasteiger partial charge in [-0.05, 0) is 18.2 Å². The number of carboxylic acid groups (broad SMARTS) is 1. The zero-order valence-electron chi connectivity index (χ0n) is 11.2. The number of carbonyl (C=O) groups is 2. The van der Waals surface area contributed by atoms with Crippen molar-refractivity contribution in [3.05, 3.63) is 41.7 Å². The first-order valence-corrected chi connectivity index (χ1v) is 6.04. The Morgan fingerprint density at radius 1 is 1.43 bits per heavy atom. The predicted molar refractivity (Wildman–Crippen MR) is 74.4 cm³/mol. The summed E-state index contributed by atoms with van der Waals surface area (Å²) in [6.45, 7) is 0.279. The van der Waals surface area contributed by atoms with Crippen LogP contribution in [0.3, 0.4) is 0 Å². The second-order valence-corrected chi connectivity index (χ2v) is 4.13. The van der Waals surface area contributed by atoms with E-state index in [1.807, 2.05) is 0 Å². The van der Waals surface area contributed by atoms with Gasteiger partial charge in [-0.15, -0.1) is 0 Å². The molecule has 1 aromatic heterocycles. The molecular weight excluding hydrogens is 276 g/mol. The number of carboxylic acids is 1. The molecule has 0 bridgehead atoms. The second kappa shape index (κ2) is 6.42. The number of benzene rings is 1. The number of H-pyrrole nitrogens is 1. The number of hydrogen-bond donors (Lipinski definition) is 4. The lowest BCUT2D eigenvalue weighted by Crippen LogP contribution is -2.28. The Balaban J connectivity index is 2.04. The number of nitrogens with one attached hydrogen (secondary N) is 3. The standard InChI is InChI=1S/C13H14N4O4/c1-21-9-2-3-11(10(4-9)12(18)19)17-13(20)14-5-8-6-15-16-7-8/h2-4,6-7H,5H2,1H3,(H,15,16)(H,18,19)(H2,14,17,20). The van der Waals surface area contributed by atoms with Crippen molar-refractivity contribution in [3.8, 4) is 5.75 Å². The zero-order chi connectivity index (χ0) is 15.2. The first kappa shape index (κ1) is 14.4. The number of amides is 2. The number of urea groups is 1. The number of anilines is 1. The molecule has 0 fully saturated rings. The van der Waals surface area contributed by atoms with E-state index in [0.29, 0.717) is 5.75 Å². The van der Waals surface area contributed by atoms with Crippen LogP contribution in [0.5, 0.6) is 5.75 Å². The van der Waals surface area contributed by atoms with Gasteiger partial charge in [-0.3, -0.25) is 5.10 Å². The molecule has 8 heteroatoms. The summed E-state index contributed by atoms with van der Waals surface area (Å²) < 4.78 is 4.96. The summed E-state index contributed by atoms with van der Waals surface area (Å²) in [5.74, 6) is -0.754. The zero-order valence-corrected chi connectivity index (χ0v) is 11.2. The highest BCUT2D eigenvalue weighted by Gasteiger charge is 2.13. The van der Waals surface area contributed by atoms with Crippen LogP contribution in [0.1, 0.15) is 15.9 Å². The van der Waals surface area contributed by atoms with Crippen LogP contribution in [0.25, 0.3) is 0 Å². The molecule has 0 unspecified atom stereocenters. The number of aromatic nitrogens is 2. The van der Waals surface area contributed by atoms with Crippen LogP contribution in [0.2, 0.25) is 0 Å². The number of hydrogen-bond acceptors (Lipinski definition) is 4. The Morgan fingerprint density at radius 3 is 2.86 bits per heavy atom. The highest BCUT2D eigenvalue weighted by atomic mass is 16.5. The lowest BCUT2D eigenvalue weighted by Gasteiger charge is -2.10. The van der Waals surface area contributed by atoms with Gasteiger partial charge in [0.05, 0.1) is 24.6 Å². The average Bonchev–Trinajstić information content (AvgIpc) is 2.98. The first-order valence-electron chi connectivity index (χ1n) is 6.04. The van der Waals surface area contributed by atoms with E-state index in [2.05, 4.69) is 20.8 Å². The largest absolute Gasteiger partial charge is 0.497 e. The topological polar surface area (TPSA) is 116 Å². The van der Waals surface area contributed by atoms with E-state index in [-0.39, 0.29) is 17.8 Å². The van der Waals surface area contributed by atoms with Crippen molar-refractivity contribution >= 4 is 17.7 Å². The fourth-order valence-corrected chi connectivity index (χ4v) is 1.66. The smallest absolute Gasteiger partial charge is 0.337 e. The van der Waals surface area contributed by atoms with Crippen molar-refractivity contribution in [2.75, 3.05) is 12.4 Å². The summed E-state index contributed by atoms with van der Waals surface area (Å²) in [5.41, 5.74) is 0.944. The van der Waals surface area contributed by atoms with Gasteiger partial charge in [0, 0.05) is 18.3 Å². The van der Waals surface area contributed by atoms with Crippen LogP contribution < -0.4 is 15.4 Å². The maximum Gasteiger partial charge on any atom is 0.337 e. The van der Waals surface area contributed by atoms with Gasteiger partial charge in [0.1, 0.15) is 5.75 Å². The van der Waals surface area contributed by atoms with E-state index in [1.165, 1.54) is 19.2 Å². The number of methoxy groups -OCH3 is 1. The molecule has 0 atom stereocenters. The van der Waals surface area contributed by atoms with E-state index in [4.69, 9.17) is 9.84 Å². The van der Waals surface area contributed by atoms with E-state index in [1.54, 1.807) is 18.5 Å². The molecule has 21 heavy (non-hydrogen) atoms. The fraction of sp³-hybridized carbons (Fsp3) is 0.154. The maximum absolute atomic E-state index is 11.8. The van der Waals surface area contributed by atoms with Gasteiger partial charge in [-0.25, -0.2) is 9.59 Å². The number of nitrogens with zero attached hydrogens (tertiary/aromatic N) is 1. The number of aromatic amines is 1. The maximum atomic E-state index is 11.8. The van der Waals surface area contributed by atoms with Gasteiger partial charge in [0.15, 0.2) is 0 Å². The van der Waals surface area contributed by atoms with Gasteiger partial charge in [0.2, 0.25) is 0 Å². The Morgan fingerprint density at radius 2 is 2.24 bits per heavy atom. The summed E-state index contributed by atoms with van der Waals surface area (Å²) in [6.07, 6.45) is 3.23. The minimum atomic E-state index is -1.15. The van der Waals surface area contributed by atoms with E-state index in [9.17, 15) is 9.59 Å². The third-order valence-corrected chi connectivity index (χ3v) is 2.71. The van der Waals surface area contributed by atoms with Crippen LogP contribution in [-0.2, 0) is 6.54 Å². The second-order valence-electron chi connectivity index (χ2n) is 4.13. The summed E-state index contributed by atoms with van der Waals surface area (Å²) in [7, 11) is 1.44. The minimum Gasteiger partial charge on any atom is -0.497 e. The van der Waals surface area contributed by atoms with Gasteiger partial charge in [-0.2, -0.15) is 5.10 Å². The monoisotopic (exact) mass is 290 g/mol. The molecule has 2 aromatic rings. The summed E-state index contributed by atoms with van der Waals surface area (Å²) >= 11 is 0. The predicted octanol–water partition coefficient (Wildman–Crippen LogP) is 1.44. The lowest BCUT2D eigenvalue weighted by atomic mass is 10.1. The average molecular weight is 290 g/mol.